The van der Waals surface area contributed by atoms with Crippen LogP contribution in [-0.4, -0.2) is 21.5 Å². The average molecular weight is 343 g/mol. The zero-order valence-electron chi connectivity index (χ0n) is 11.7. The van der Waals surface area contributed by atoms with Crippen molar-refractivity contribution in [3.63, 3.8) is 0 Å². The maximum absolute atomic E-state index is 4.65. The second-order valence-electron chi connectivity index (χ2n) is 4.71. The molecule has 0 saturated carbocycles. The Bertz CT molecular complexity index is 756. The van der Waals surface area contributed by atoms with Crippen LogP contribution in [0.4, 0.5) is 0 Å². The monoisotopic (exact) mass is 342 g/mol. The van der Waals surface area contributed by atoms with Crippen LogP contribution in [0.5, 0.6) is 0 Å². The minimum atomic E-state index is 0.632. The quantitative estimate of drug-likeness (QED) is 0.787. The molecule has 5 heteroatoms. The van der Waals surface area contributed by atoms with Gasteiger partial charge in [0.05, 0.1) is 5.52 Å². The highest BCUT2D eigenvalue weighted by molar-refractivity contribution is 9.10. The highest BCUT2D eigenvalue weighted by atomic mass is 79.9. The Morgan fingerprint density at radius 2 is 1.90 bits per heavy atom. The number of pyridine rings is 1. The molecule has 1 aromatic carbocycles. The van der Waals surface area contributed by atoms with Crippen LogP contribution < -0.4 is 5.32 Å². The van der Waals surface area contributed by atoms with Gasteiger partial charge in [-0.1, -0.05) is 25.1 Å². The van der Waals surface area contributed by atoms with Crippen LogP contribution in [0.25, 0.3) is 22.4 Å². The van der Waals surface area contributed by atoms with E-state index in [4.69, 9.17) is 0 Å². The minimum absolute atomic E-state index is 0.632. The van der Waals surface area contributed by atoms with Crippen LogP contribution in [0.1, 0.15) is 12.5 Å². The van der Waals surface area contributed by atoms with Crippen molar-refractivity contribution in [2.75, 3.05) is 6.54 Å². The van der Waals surface area contributed by atoms with E-state index in [1.807, 2.05) is 42.7 Å². The van der Waals surface area contributed by atoms with Crippen molar-refractivity contribution >= 4 is 26.8 Å². The molecule has 0 atom stereocenters. The highest BCUT2D eigenvalue weighted by Gasteiger charge is 2.09. The van der Waals surface area contributed by atoms with Gasteiger partial charge in [0.2, 0.25) is 0 Å². The highest BCUT2D eigenvalue weighted by Crippen LogP contribution is 2.27. The molecule has 0 saturated heterocycles. The Hall–Kier alpha value is -1.85. The molecule has 2 aromatic heterocycles. The first kappa shape index (κ1) is 14.1. The molecule has 0 aliphatic carbocycles. The summed E-state index contributed by atoms with van der Waals surface area (Å²) in [6.07, 6.45) is 3.68. The summed E-state index contributed by atoms with van der Waals surface area (Å²) in [5.41, 5.74) is 2.78. The Balaban J connectivity index is 1.97. The van der Waals surface area contributed by atoms with Gasteiger partial charge in [0, 0.05) is 34.4 Å². The van der Waals surface area contributed by atoms with Crippen LogP contribution in [0.3, 0.4) is 0 Å². The molecule has 0 aliphatic rings. The summed E-state index contributed by atoms with van der Waals surface area (Å²) in [7, 11) is 0. The van der Waals surface area contributed by atoms with E-state index in [-0.39, 0.29) is 0 Å². The van der Waals surface area contributed by atoms with Gasteiger partial charge in [-0.05, 0) is 34.6 Å². The molecular formula is C16H15BrN4. The Morgan fingerprint density at radius 1 is 1.14 bits per heavy atom. The summed E-state index contributed by atoms with van der Waals surface area (Å²) in [5, 5.41) is 4.35. The number of hydrogen-bond donors (Lipinski definition) is 1. The molecular weight excluding hydrogens is 328 g/mol. The second kappa shape index (κ2) is 6.28. The lowest BCUT2D eigenvalue weighted by atomic mass is 10.2. The van der Waals surface area contributed by atoms with Crippen molar-refractivity contribution < 1.29 is 0 Å². The van der Waals surface area contributed by atoms with Gasteiger partial charge in [-0.15, -0.1) is 0 Å². The summed E-state index contributed by atoms with van der Waals surface area (Å²) in [4.78, 5) is 13.5. The number of nitrogens with zero attached hydrogens (tertiary/aromatic N) is 3. The fourth-order valence-corrected chi connectivity index (χ4v) is 2.60. The van der Waals surface area contributed by atoms with Gasteiger partial charge in [-0.2, -0.15) is 0 Å². The van der Waals surface area contributed by atoms with E-state index in [0.717, 1.165) is 39.7 Å². The third-order valence-electron chi connectivity index (χ3n) is 3.17. The summed E-state index contributed by atoms with van der Waals surface area (Å²) in [5.74, 6) is 0.632. The molecule has 3 aromatic rings. The first-order valence-electron chi connectivity index (χ1n) is 6.85. The van der Waals surface area contributed by atoms with E-state index in [2.05, 4.69) is 43.1 Å². The molecule has 0 bridgehead atoms. The van der Waals surface area contributed by atoms with E-state index in [9.17, 15) is 0 Å². The number of hydrogen-bond acceptors (Lipinski definition) is 4. The van der Waals surface area contributed by atoms with Gasteiger partial charge in [0.1, 0.15) is 5.69 Å². The SMILES string of the molecule is CCNCc1cnc(-c2nc3ccccc3cc2Br)nc1. The van der Waals surface area contributed by atoms with Crippen molar-refractivity contribution in [3.8, 4) is 11.5 Å². The van der Waals surface area contributed by atoms with Crippen LogP contribution >= 0.6 is 15.9 Å². The zero-order chi connectivity index (χ0) is 14.7. The number of nitrogens with one attached hydrogen (secondary N) is 1. The van der Waals surface area contributed by atoms with E-state index in [1.165, 1.54) is 0 Å². The van der Waals surface area contributed by atoms with Gasteiger partial charge in [0.15, 0.2) is 5.82 Å². The van der Waals surface area contributed by atoms with Crippen molar-refractivity contribution in [1.82, 2.24) is 20.3 Å². The molecule has 106 valence electrons. The Kier molecular flexibility index (Phi) is 4.22. The van der Waals surface area contributed by atoms with E-state index in [0.29, 0.717) is 5.82 Å². The largest absolute Gasteiger partial charge is 0.313 e. The third-order valence-corrected chi connectivity index (χ3v) is 3.78. The Labute approximate surface area is 131 Å². The number of para-hydroxylation sites is 1. The van der Waals surface area contributed by atoms with Gasteiger partial charge in [-0.3, -0.25) is 0 Å². The van der Waals surface area contributed by atoms with Gasteiger partial charge in [0.25, 0.3) is 0 Å². The van der Waals surface area contributed by atoms with E-state index < -0.39 is 0 Å². The summed E-state index contributed by atoms with van der Waals surface area (Å²) in [6, 6.07) is 10.1. The lowest BCUT2D eigenvalue weighted by molar-refractivity contribution is 0.721. The van der Waals surface area contributed by atoms with Crippen molar-refractivity contribution in [3.05, 3.63) is 52.8 Å². The van der Waals surface area contributed by atoms with Crippen LogP contribution in [0, 0.1) is 0 Å². The van der Waals surface area contributed by atoms with Crippen molar-refractivity contribution in [1.29, 1.82) is 0 Å². The minimum Gasteiger partial charge on any atom is -0.313 e. The molecule has 4 nitrogen and oxygen atoms in total. The molecule has 0 spiro atoms. The van der Waals surface area contributed by atoms with Crippen LogP contribution in [-0.2, 0) is 6.54 Å². The molecule has 1 N–H and O–H groups in total. The lowest BCUT2D eigenvalue weighted by Gasteiger charge is -2.06. The summed E-state index contributed by atoms with van der Waals surface area (Å²) in [6.45, 7) is 3.79. The average Bonchev–Trinajstić information content (AvgIpc) is 2.53. The van der Waals surface area contributed by atoms with E-state index in [1.54, 1.807) is 0 Å². The predicted octanol–water partition coefficient (Wildman–Crippen LogP) is 3.56. The van der Waals surface area contributed by atoms with Gasteiger partial charge < -0.3 is 5.32 Å². The molecule has 3 rings (SSSR count). The molecule has 0 fully saturated rings. The van der Waals surface area contributed by atoms with Crippen LogP contribution in [0.15, 0.2) is 47.2 Å². The molecule has 0 unspecified atom stereocenters. The molecule has 2 heterocycles. The number of halogens is 1. The number of aromatic nitrogens is 3. The number of rotatable bonds is 4. The lowest BCUT2D eigenvalue weighted by Crippen LogP contribution is -2.12. The smallest absolute Gasteiger partial charge is 0.179 e. The molecule has 21 heavy (non-hydrogen) atoms. The van der Waals surface area contributed by atoms with Crippen molar-refractivity contribution in [2.45, 2.75) is 13.5 Å². The van der Waals surface area contributed by atoms with Gasteiger partial charge >= 0.3 is 0 Å². The zero-order valence-corrected chi connectivity index (χ0v) is 13.3. The summed E-state index contributed by atoms with van der Waals surface area (Å²) >= 11 is 3.56. The maximum atomic E-state index is 4.65. The maximum Gasteiger partial charge on any atom is 0.179 e. The fourth-order valence-electron chi connectivity index (χ4n) is 2.08. The topological polar surface area (TPSA) is 50.7 Å². The molecule has 0 radical (unpaired) electrons. The first-order valence-corrected chi connectivity index (χ1v) is 7.64. The summed E-state index contributed by atoms with van der Waals surface area (Å²) < 4.78 is 0.903. The third kappa shape index (κ3) is 3.09. The number of benzene rings is 1. The predicted molar refractivity (Wildman–Crippen MR) is 87.8 cm³/mol. The molecule has 0 aliphatic heterocycles. The van der Waals surface area contributed by atoms with Crippen molar-refractivity contribution in [2.24, 2.45) is 0 Å². The van der Waals surface area contributed by atoms with Gasteiger partial charge in [-0.25, -0.2) is 15.0 Å². The standard InChI is InChI=1S/C16H15BrN4/c1-2-18-8-11-9-19-16(20-10-11)15-13(17)7-12-5-3-4-6-14(12)21-15/h3-7,9-10,18H,2,8H2,1H3. The molecule has 0 amide bonds. The Morgan fingerprint density at radius 3 is 2.67 bits per heavy atom. The van der Waals surface area contributed by atoms with Crippen LogP contribution in [0.2, 0.25) is 0 Å². The number of fused-ring (bicyclic) bond motifs is 1. The second-order valence-corrected chi connectivity index (χ2v) is 5.56. The van der Waals surface area contributed by atoms with E-state index >= 15 is 0 Å². The normalized spacial score (nSPS) is 11.0. The fraction of sp³-hybridized carbons (Fsp3) is 0.188. The first-order chi connectivity index (χ1) is 10.3.